The summed E-state index contributed by atoms with van der Waals surface area (Å²) in [6, 6.07) is 5.49. The van der Waals surface area contributed by atoms with Crippen molar-refractivity contribution in [3.05, 3.63) is 34.9 Å². The number of hydrogen-bond donors (Lipinski definition) is 1. The molecule has 1 atom stereocenters. The number of ether oxygens (including phenoxy) is 1. The van der Waals surface area contributed by atoms with E-state index >= 15 is 0 Å². The average Bonchev–Trinajstić information content (AvgIpc) is 2.27. The van der Waals surface area contributed by atoms with Crippen LogP contribution in [0.3, 0.4) is 0 Å². The molecule has 15 heavy (non-hydrogen) atoms. The van der Waals surface area contributed by atoms with Crippen LogP contribution in [0.2, 0.25) is 0 Å². The first-order chi connectivity index (χ1) is 7.22. The monoisotopic (exact) mass is 206 g/mol. The van der Waals surface area contributed by atoms with Crippen molar-refractivity contribution in [3.63, 3.8) is 0 Å². The normalized spacial score (nSPS) is 19.7. The van der Waals surface area contributed by atoms with E-state index in [4.69, 9.17) is 9.84 Å². The topological polar surface area (TPSA) is 46.5 Å². The lowest BCUT2D eigenvalue weighted by atomic mass is 9.86. The Morgan fingerprint density at radius 1 is 1.53 bits per heavy atom. The van der Waals surface area contributed by atoms with Crippen LogP contribution in [0.25, 0.3) is 0 Å². The van der Waals surface area contributed by atoms with Crippen LogP contribution >= 0.6 is 0 Å². The third-order valence-corrected chi connectivity index (χ3v) is 3.00. The van der Waals surface area contributed by atoms with Gasteiger partial charge in [-0.1, -0.05) is 12.1 Å². The van der Waals surface area contributed by atoms with Gasteiger partial charge in [0.1, 0.15) is 0 Å². The van der Waals surface area contributed by atoms with Crippen LogP contribution in [-0.4, -0.2) is 24.3 Å². The molecule has 0 aromatic heterocycles. The van der Waals surface area contributed by atoms with Crippen LogP contribution in [0, 0.1) is 0 Å². The van der Waals surface area contributed by atoms with E-state index in [2.05, 4.69) is 0 Å². The fourth-order valence-corrected chi connectivity index (χ4v) is 2.16. The largest absolute Gasteiger partial charge is 0.478 e. The third-order valence-electron chi connectivity index (χ3n) is 3.00. The summed E-state index contributed by atoms with van der Waals surface area (Å²) in [4.78, 5) is 11.0. The second-order valence-electron chi connectivity index (χ2n) is 3.85. The Kier molecular flexibility index (Phi) is 2.73. The predicted octanol–water partition coefficient (Wildman–Crippen LogP) is 1.89. The summed E-state index contributed by atoms with van der Waals surface area (Å²) in [5.41, 5.74) is 2.53. The maximum Gasteiger partial charge on any atom is 0.335 e. The molecule has 2 rings (SSSR count). The quantitative estimate of drug-likeness (QED) is 0.803. The van der Waals surface area contributed by atoms with Crippen molar-refractivity contribution in [2.24, 2.45) is 0 Å². The highest BCUT2D eigenvalue weighted by Crippen LogP contribution is 2.25. The number of carboxylic acids is 1. The molecule has 80 valence electrons. The first-order valence-corrected chi connectivity index (χ1v) is 5.09. The first-order valence-electron chi connectivity index (χ1n) is 5.09. The summed E-state index contributed by atoms with van der Waals surface area (Å²) < 4.78 is 5.29. The van der Waals surface area contributed by atoms with Gasteiger partial charge >= 0.3 is 5.97 Å². The Morgan fingerprint density at radius 2 is 2.33 bits per heavy atom. The lowest BCUT2D eigenvalue weighted by Gasteiger charge is -2.24. The fourth-order valence-electron chi connectivity index (χ4n) is 2.16. The van der Waals surface area contributed by atoms with Gasteiger partial charge in [-0.2, -0.15) is 0 Å². The highest BCUT2D eigenvalue weighted by atomic mass is 16.5. The Labute approximate surface area is 88.7 Å². The zero-order chi connectivity index (χ0) is 10.8. The van der Waals surface area contributed by atoms with Gasteiger partial charge < -0.3 is 9.84 Å². The molecule has 0 radical (unpaired) electrons. The minimum Gasteiger partial charge on any atom is -0.478 e. The average molecular weight is 206 g/mol. The van der Waals surface area contributed by atoms with Crippen molar-refractivity contribution in [1.29, 1.82) is 0 Å². The van der Waals surface area contributed by atoms with E-state index in [9.17, 15) is 4.79 Å². The van der Waals surface area contributed by atoms with Crippen LogP contribution in [0.5, 0.6) is 0 Å². The molecule has 0 amide bonds. The molecule has 1 unspecified atom stereocenters. The van der Waals surface area contributed by atoms with E-state index in [-0.39, 0.29) is 6.10 Å². The van der Waals surface area contributed by atoms with Crippen LogP contribution in [0.1, 0.15) is 27.9 Å². The van der Waals surface area contributed by atoms with Gasteiger partial charge in [0.05, 0.1) is 11.7 Å². The van der Waals surface area contributed by atoms with Crippen LogP contribution in [0.15, 0.2) is 18.2 Å². The zero-order valence-corrected chi connectivity index (χ0v) is 8.69. The zero-order valence-electron chi connectivity index (χ0n) is 8.69. The summed E-state index contributed by atoms with van der Waals surface area (Å²) in [6.07, 6.45) is 2.77. The second kappa shape index (κ2) is 4.03. The van der Waals surface area contributed by atoms with E-state index in [1.807, 2.05) is 12.1 Å². The number of aryl methyl sites for hydroxylation is 1. The number of methoxy groups -OCH3 is 1. The molecule has 0 heterocycles. The minimum atomic E-state index is -0.844. The summed E-state index contributed by atoms with van der Waals surface area (Å²) in [7, 11) is 1.68. The van der Waals surface area contributed by atoms with Crippen molar-refractivity contribution in [2.75, 3.05) is 7.11 Å². The Balaban J connectivity index is 2.40. The van der Waals surface area contributed by atoms with Crippen LogP contribution in [0.4, 0.5) is 0 Å². The molecule has 3 heteroatoms. The maximum absolute atomic E-state index is 11.0. The van der Waals surface area contributed by atoms with Gasteiger partial charge in [0.25, 0.3) is 0 Å². The van der Waals surface area contributed by atoms with Gasteiger partial charge in [-0.3, -0.25) is 0 Å². The second-order valence-corrected chi connectivity index (χ2v) is 3.85. The first kappa shape index (κ1) is 10.2. The van der Waals surface area contributed by atoms with Crippen LogP contribution < -0.4 is 0 Å². The molecule has 0 fully saturated rings. The number of hydrogen-bond acceptors (Lipinski definition) is 2. The number of rotatable bonds is 2. The Morgan fingerprint density at radius 3 is 3.00 bits per heavy atom. The van der Waals surface area contributed by atoms with E-state index in [1.165, 1.54) is 0 Å². The molecule has 0 saturated heterocycles. The number of aromatic carboxylic acids is 1. The molecular weight excluding hydrogens is 192 g/mol. The number of carboxylic acid groups (broad SMARTS) is 1. The highest BCUT2D eigenvalue weighted by Gasteiger charge is 2.22. The van der Waals surface area contributed by atoms with Crippen molar-refractivity contribution < 1.29 is 14.6 Å². The third kappa shape index (κ3) is 1.88. The maximum atomic E-state index is 11.0. The molecule has 1 aliphatic rings. The fraction of sp³-hybridized carbons (Fsp3) is 0.417. The van der Waals surface area contributed by atoms with Crippen molar-refractivity contribution in [1.82, 2.24) is 0 Å². The van der Waals surface area contributed by atoms with Crippen molar-refractivity contribution in [3.8, 4) is 0 Å². The molecule has 1 N–H and O–H groups in total. The van der Waals surface area contributed by atoms with Gasteiger partial charge in [-0.25, -0.2) is 4.79 Å². The molecule has 0 bridgehead atoms. The van der Waals surface area contributed by atoms with Crippen molar-refractivity contribution in [2.45, 2.75) is 25.4 Å². The minimum absolute atomic E-state index is 0.165. The van der Waals surface area contributed by atoms with E-state index in [0.29, 0.717) is 12.0 Å². The molecule has 0 spiro atoms. The molecule has 0 saturated carbocycles. The number of carbonyl (C=O) groups is 1. The van der Waals surface area contributed by atoms with E-state index in [1.54, 1.807) is 13.2 Å². The Hall–Kier alpha value is -1.35. The molecule has 1 aromatic rings. The lowest BCUT2D eigenvalue weighted by Crippen LogP contribution is -2.23. The van der Waals surface area contributed by atoms with Crippen molar-refractivity contribution >= 4 is 5.97 Å². The molecule has 1 aromatic carbocycles. The molecule has 0 aliphatic heterocycles. The smallest absolute Gasteiger partial charge is 0.335 e. The molecule has 1 aliphatic carbocycles. The SMILES string of the molecule is COC1CCc2cccc(C(=O)O)c2C1. The summed E-state index contributed by atoms with van der Waals surface area (Å²) in [5, 5.41) is 9.06. The van der Waals surface area contributed by atoms with E-state index < -0.39 is 5.97 Å². The molecular formula is C12H14O3. The summed E-state index contributed by atoms with van der Waals surface area (Å²) in [6.45, 7) is 0. The molecule has 3 nitrogen and oxygen atoms in total. The number of benzene rings is 1. The highest BCUT2D eigenvalue weighted by molar-refractivity contribution is 5.89. The van der Waals surface area contributed by atoms with Gasteiger partial charge in [-0.05, 0) is 36.5 Å². The van der Waals surface area contributed by atoms with Gasteiger partial charge in [0.2, 0.25) is 0 Å². The Bertz CT molecular complexity index is 384. The van der Waals surface area contributed by atoms with E-state index in [0.717, 1.165) is 24.0 Å². The lowest BCUT2D eigenvalue weighted by molar-refractivity contribution is 0.0688. The van der Waals surface area contributed by atoms with Crippen LogP contribution in [-0.2, 0) is 17.6 Å². The number of fused-ring (bicyclic) bond motifs is 1. The van der Waals surface area contributed by atoms with Gasteiger partial charge in [0, 0.05) is 7.11 Å². The van der Waals surface area contributed by atoms with Gasteiger partial charge in [0.15, 0.2) is 0 Å². The standard InChI is InChI=1S/C12H14O3/c1-15-9-6-5-8-3-2-4-10(12(13)14)11(8)7-9/h2-4,9H,5-7H2,1H3,(H,13,14). The van der Waals surface area contributed by atoms with Gasteiger partial charge in [-0.15, -0.1) is 0 Å². The predicted molar refractivity (Wildman–Crippen MR) is 56.2 cm³/mol. The summed E-state index contributed by atoms with van der Waals surface area (Å²) in [5.74, 6) is -0.844. The summed E-state index contributed by atoms with van der Waals surface area (Å²) >= 11 is 0.